The highest BCUT2D eigenvalue weighted by Crippen LogP contribution is 2.45. The number of carbonyl (C=O) groups is 2. The molecular weight excluding hydrogens is 467 g/mol. The maximum absolute atomic E-state index is 14.2. The summed E-state index contributed by atoms with van der Waals surface area (Å²) >= 11 is 0. The summed E-state index contributed by atoms with van der Waals surface area (Å²) in [5.74, 6) is -0.676. The van der Waals surface area contributed by atoms with Gasteiger partial charge in [-0.15, -0.1) is 0 Å². The van der Waals surface area contributed by atoms with Gasteiger partial charge in [-0.3, -0.25) is 14.5 Å². The Kier molecular flexibility index (Phi) is 6.38. The molecule has 6 rings (SSSR count). The Balaban J connectivity index is 1.14. The Hall–Kier alpha value is -3.71. The SMILES string of the molecule is O=C(NCCN1CCN(c2ccccc2F)CC1)[C@H]1c2ccccc2C(=O)N2CCc3ccccc3[C@@H]12. The van der Waals surface area contributed by atoms with Crippen LogP contribution in [0.2, 0.25) is 0 Å². The van der Waals surface area contributed by atoms with E-state index in [-0.39, 0.29) is 23.7 Å². The van der Waals surface area contributed by atoms with Crippen LogP contribution in [0, 0.1) is 5.82 Å². The van der Waals surface area contributed by atoms with Crippen molar-refractivity contribution < 1.29 is 14.0 Å². The van der Waals surface area contributed by atoms with Crippen LogP contribution in [0.5, 0.6) is 0 Å². The zero-order valence-electron chi connectivity index (χ0n) is 20.8. The third-order valence-corrected chi connectivity index (χ3v) is 8.01. The number of halogens is 1. The quantitative estimate of drug-likeness (QED) is 0.584. The van der Waals surface area contributed by atoms with Crippen molar-refractivity contribution in [2.75, 3.05) is 50.7 Å². The molecule has 3 aliphatic heterocycles. The van der Waals surface area contributed by atoms with Crippen molar-refractivity contribution in [2.45, 2.75) is 18.4 Å². The monoisotopic (exact) mass is 498 g/mol. The molecule has 3 aromatic carbocycles. The van der Waals surface area contributed by atoms with Crippen molar-refractivity contribution in [2.24, 2.45) is 0 Å². The molecule has 2 amide bonds. The molecule has 0 saturated carbocycles. The maximum Gasteiger partial charge on any atom is 0.254 e. The number of nitrogens with zero attached hydrogens (tertiary/aromatic N) is 3. The summed E-state index contributed by atoms with van der Waals surface area (Å²) in [5.41, 5.74) is 4.37. The standard InChI is InChI=1S/C30H31FN4O2/c31-25-11-5-6-12-26(25)34-19-17-33(18-20-34)16-14-32-29(36)27-23-9-3-4-10-24(23)30(37)35-15-13-21-7-1-2-8-22(21)28(27)35/h1-12,27-28H,13-20H2,(H,32,36)/t27-,28-/m0/s1. The lowest BCUT2D eigenvalue weighted by atomic mass is 9.76. The number of hydrogen-bond acceptors (Lipinski definition) is 4. The lowest BCUT2D eigenvalue weighted by Gasteiger charge is -2.45. The molecule has 190 valence electrons. The van der Waals surface area contributed by atoms with Gasteiger partial charge in [0.25, 0.3) is 5.91 Å². The molecule has 0 bridgehead atoms. The van der Waals surface area contributed by atoms with Crippen molar-refractivity contribution >= 4 is 17.5 Å². The fraction of sp³-hybridized carbons (Fsp3) is 0.333. The van der Waals surface area contributed by atoms with Crippen LogP contribution < -0.4 is 10.2 Å². The van der Waals surface area contributed by atoms with Crippen molar-refractivity contribution in [3.63, 3.8) is 0 Å². The molecule has 37 heavy (non-hydrogen) atoms. The highest BCUT2D eigenvalue weighted by molar-refractivity contribution is 6.01. The zero-order valence-corrected chi connectivity index (χ0v) is 20.8. The summed E-state index contributed by atoms with van der Waals surface area (Å²) < 4.78 is 14.2. The molecule has 1 fully saturated rings. The Morgan fingerprint density at radius 3 is 2.38 bits per heavy atom. The first-order valence-electron chi connectivity index (χ1n) is 13.1. The zero-order chi connectivity index (χ0) is 25.4. The smallest absolute Gasteiger partial charge is 0.254 e. The van der Waals surface area contributed by atoms with Gasteiger partial charge in [0.15, 0.2) is 0 Å². The van der Waals surface area contributed by atoms with E-state index in [9.17, 15) is 14.0 Å². The summed E-state index contributed by atoms with van der Waals surface area (Å²) in [6.07, 6.45) is 0.799. The van der Waals surface area contributed by atoms with Crippen LogP contribution in [0.4, 0.5) is 10.1 Å². The van der Waals surface area contributed by atoms with E-state index in [1.807, 2.05) is 53.4 Å². The van der Waals surface area contributed by atoms with Crippen LogP contribution in [0.3, 0.4) is 0 Å². The molecule has 2 atom stereocenters. The van der Waals surface area contributed by atoms with Crippen LogP contribution in [-0.2, 0) is 11.2 Å². The molecule has 3 heterocycles. The Bertz CT molecular complexity index is 1320. The molecular formula is C30H31FN4O2. The lowest BCUT2D eigenvalue weighted by Crippen LogP contribution is -2.51. The van der Waals surface area contributed by atoms with Crippen molar-refractivity contribution in [1.29, 1.82) is 0 Å². The van der Waals surface area contributed by atoms with Crippen molar-refractivity contribution in [1.82, 2.24) is 15.1 Å². The number of amides is 2. The number of carbonyl (C=O) groups excluding carboxylic acids is 2. The normalized spacial score (nSPS) is 21.2. The van der Waals surface area contributed by atoms with Gasteiger partial charge >= 0.3 is 0 Å². The van der Waals surface area contributed by atoms with Crippen LogP contribution in [0.25, 0.3) is 0 Å². The first-order chi connectivity index (χ1) is 18.1. The van der Waals surface area contributed by atoms with Gasteiger partial charge in [-0.2, -0.15) is 0 Å². The van der Waals surface area contributed by atoms with E-state index in [1.54, 1.807) is 6.07 Å². The van der Waals surface area contributed by atoms with Gasteiger partial charge < -0.3 is 15.1 Å². The van der Waals surface area contributed by atoms with E-state index in [2.05, 4.69) is 27.2 Å². The predicted molar refractivity (Wildman–Crippen MR) is 141 cm³/mol. The van der Waals surface area contributed by atoms with Crippen molar-refractivity contribution in [3.8, 4) is 0 Å². The van der Waals surface area contributed by atoms with E-state index >= 15 is 0 Å². The summed E-state index contributed by atoms with van der Waals surface area (Å²) in [5, 5.41) is 3.18. The maximum atomic E-state index is 14.2. The second kappa shape index (κ2) is 9.98. The Labute approximate surface area is 216 Å². The molecule has 0 radical (unpaired) electrons. The molecule has 0 unspecified atom stereocenters. The second-order valence-corrected chi connectivity index (χ2v) is 10.0. The van der Waals surface area contributed by atoms with E-state index in [0.29, 0.717) is 24.3 Å². The van der Waals surface area contributed by atoms with Gasteiger partial charge in [-0.1, -0.05) is 54.6 Å². The summed E-state index contributed by atoms with van der Waals surface area (Å²) in [4.78, 5) is 33.4. The minimum atomic E-state index is -0.451. The lowest BCUT2D eigenvalue weighted by molar-refractivity contribution is -0.124. The number of benzene rings is 3. The first-order valence-corrected chi connectivity index (χ1v) is 13.1. The van der Waals surface area contributed by atoms with E-state index in [0.717, 1.165) is 50.3 Å². The van der Waals surface area contributed by atoms with Gasteiger partial charge in [0, 0.05) is 51.4 Å². The van der Waals surface area contributed by atoms with Gasteiger partial charge in [-0.05, 0) is 41.3 Å². The van der Waals surface area contributed by atoms with Gasteiger partial charge in [-0.25, -0.2) is 4.39 Å². The Morgan fingerprint density at radius 1 is 0.865 bits per heavy atom. The van der Waals surface area contributed by atoms with E-state index < -0.39 is 5.92 Å². The van der Waals surface area contributed by atoms with Gasteiger partial charge in [0.1, 0.15) is 5.82 Å². The number of fused-ring (bicyclic) bond motifs is 4. The first kappa shape index (κ1) is 23.7. The number of nitrogens with one attached hydrogen (secondary N) is 1. The third kappa shape index (κ3) is 4.37. The van der Waals surface area contributed by atoms with Crippen LogP contribution in [0.15, 0.2) is 72.8 Å². The molecule has 6 nitrogen and oxygen atoms in total. The van der Waals surface area contributed by atoms with E-state index in [4.69, 9.17) is 0 Å². The molecule has 0 aliphatic carbocycles. The molecule has 0 spiro atoms. The molecule has 1 saturated heterocycles. The second-order valence-electron chi connectivity index (χ2n) is 10.0. The molecule has 7 heteroatoms. The average Bonchev–Trinajstić information content (AvgIpc) is 2.94. The van der Waals surface area contributed by atoms with Crippen LogP contribution in [-0.4, -0.2) is 67.4 Å². The molecule has 1 N–H and O–H groups in total. The largest absolute Gasteiger partial charge is 0.367 e. The summed E-state index contributed by atoms with van der Waals surface area (Å²) in [7, 11) is 0. The number of para-hydroxylation sites is 1. The number of hydrogen-bond donors (Lipinski definition) is 1. The molecule has 3 aliphatic rings. The number of rotatable bonds is 5. The fourth-order valence-electron chi connectivity index (χ4n) is 6.13. The van der Waals surface area contributed by atoms with Crippen molar-refractivity contribution in [3.05, 3.63) is 101 Å². The van der Waals surface area contributed by atoms with E-state index in [1.165, 1.54) is 11.6 Å². The number of piperazine rings is 1. The molecule has 0 aromatic heterocycles. The predicted octanol–water partition coefficient (Wildman–Crippen LogP) is 3.60. The number of anilines is 1. The van der Waals surface area contributed by atoms with Gasteiger partial charge in [0.2, 0.25) is 5.91 Å². The highest BCUT2D eigenvalue weighted by Gasteiger charge is 2.46. The topological polar surface area (TPSA) is 55.9 Å². The van der Waals surface area contributed by atoms with Crippen LogP contribution in [0.1, 0.15) is 39.0 Å². The molecule has 3 aromatic rings. The van der Waals surface area contributed by atoms with Crippen LogP contribution >= 0.6 is 0 Å². The minimum absolute atomic E-state index is 0.00637. The highest BCUT2D eigenvalue weighted by atomic mass is 19.1. The van der Waals surface area contributed by atoms with Gasteiger partial charge in [0.05, 0.1) is 17.6 Å². The fourth-order valence-corrected chi connectivity index (χ4v) is 6.13. The minimum Gasteiger partial charge on any atom is -0.367 e. The summed E-state index contributed by atoms with van der Waals surface area (Å²) in [6.45, 7) is 5.00. The average molecular weight is 499 g/mol. The third-order valence-electron chi connectivity index (χ3n) is 8.01. The summed E-state index contributed by atoms with van der Waals surface area (Å²) in [6, 6.07) is 22.3. The Morgan fingerprint density at radius 2 is 1.57 bits per heavy atom.